The van der Waals surface area contributed by atoms with Gasteiger partial charge < -0.3 is 36.6 Å². The van der Waals surface area contributed by atoms with Gasteiger partial charge in [0, 0.05) is 75.8 Å². The number of amides is 2. The van der Waals surface area contributed by atoms with E-state index in [1.54, 1.807) is 17.0 Å². The quantitative estimate of drug-likeness (QED) is 0.0553. The summed E-state index contributed by atoms with van der Waals surface area (Å²) in [6.45, 7) is 15.2. The van der Waals surface area contributed by atoms with Crippen LogP contribution in [0.25, 0.3) is 0 Å². The van der Waals surface area contributed by atoms with E-state index in [0.717, 1.165) is 93.7 Å². The summed E-state index contributed by atoms with van der Waals surface area (Å²) in [6, 6.07) is 22.8. The van der Waals surface area contributed by atoms with Crippen molar-refractivity contribution in [1.29, 1.82) is 0 Å². The minimum atomic E-state index is -3.17. The second-order valence-electron chi connectivity index (χ2n) is 16.7. The molecule has 0 aromatic heterocycles. The monoisotopic (exact) mass is 920 g/mol. The zero-order valence-corrected chi connectivity index (χ0v) is 39.0. The molecule has 4 heterocycles. The van der Waals surface area contributed by atoms with Gasteiger partial charge in [-0.05, 0) is 159 Å². The molecule has 0 unspecified atom stereocenters. The lowest BCUT2D eigenvalue weighted by atomic mass is 9.99. The van der Waals surface area contributed by atoms with Gasteiger partial charge in [0.05, 0.1) is 11.2 Å². The highest BCUT2D eigenvalue weighted by Crippen LogP contribution is 2.24. The molecule has 0 radical (unpaired) electrons. The van der Waals surface area contributed by atoms with Crippen molar-refractivity contribution >= 4 is 61.6 Å². The Morgan fingerprint density at radius 3 is 1.70 bits per heavy atom. The number of nitro groups is 1. The van der Waals surface area contributed by atoms with Gasteiger partial charge in [-0.25, -0.2) is 13.2 Å². The number of benzene rings is 4. The minimum absolute atomic E-state index is 0.0197. The van der Waals surface area contributed by atoms with E-state index in [0.29, 0.717) is 18.8 Å². The van der Waals surface area contributed by atoms with Crippen LogP contribution in [0.4, 0.5) is 27.5 Å². The summed E-state index contributed by atoms with van der Waals surface area (Å²) in [5, 5.41) is 22.6. The predicted octanol–water partition coefficient (Wildman–Crippen LogP) is 6.57. The Morgan fingerprint density at radius 2 is 1.20 bits per heavy atom. The van der Waals surface area contributed by atoms with Gasteiger partial charge in [-0.2, -0.15) is 0 Å². The predicted molar refractivity (Wildman–Crippen MR) is 253 cm³/mol. The maximum atomic E-state index is 12.0. The maximum Gasteiger partial charge on any atom is 0.410 e. The first-order valence-corrected chi connectivity index (χ1v) is 23.3. The summed E-state index contributed by atoms with van der Waals surface area (Å²) < 4.78 is 29.9. The SMILES string of the molecule is CC(=O)Cl.CC(=O)Nc1ccc2c(c1)CNCC2.CC(C)(C)OC(=O)N1CCc2ccc(N)cc2C1.CS(=O)(=O)Nc1ccc2c(c1)CNCC2.O=[N+]([O-])c1ccc2c(c1)CNCC2. The first-order valence-electron chi connectivity index (χ1n) is 21.0. The Bertz CT molecular complexity index is 2390. The molecule has 4 aromatic carbocycles. The third-order valence-electron chi connectivity index (χ3n) is 9.99. The summed E-state index contributed by atoms with van der Waals surface area (Å²) in [6.07, 6.45) is 4.81. The zero-order valence-electron chi connectivity index (χ0n) is 37.4. The number of carbonyl (C=O) groups excluding carboxylic acids is 3. The van der Waals surface area contributed by atoms with Crippen LogP contribution in [-0.4, -0.2) is 73.5 Å². The molecule has 4 aromatic rings. The number of nitro benzene ring substituents is 1. The van der Waals surface area contributed by atoms with Gasteiger partial charge >= 0.3 is 6.09 Å². The topological polar surface area (TPSA) is 227 Å². The standard InChI is InChI=1S/C14H20N2O2.C11H14N2O.C10H14N2O2S.C9H10N2O2.C2H3ClO/c1-14(2,3)18-13(17)16-7-6-10-4-5-12(15)8-11(10)9-16;1-8(14)13-11-3-2-9-4-5-12-7-10(9)6-11;1-15(13,14)12-10-3-2-8-4-5-11-7-9(8)6-10;12-11(13)9-2-1-7-3-4-10-6-8(7)5-9;1-2(3)4/h4-5,8H,6-7,9,15H2,1-3H3;2-3,6,12H,4-5,7H2,1H3,(H,13,14);2-3,6,11-12H,4-5,7H2,1H3;1-2,5,10H,3-4,6H2;1H3. The second-order valence-corrected chi connectivity index (χ2v) is 18.9. The van der Waals surface area contributed by atoms with Gasteiger partial charge in [-0.3, -0.25) is 24.4 Å². The highest BCUT2D eigenvalue weighted by molar-refractivity contribution is 7.92. The fourth-order valence-corrected chi connectivity index (χ4v) is 7.71. The number of nitrogens with two attached hydrogens (primary N) is 1. The molecule has 0 bridgehead atoms. The summed E-state index contributed by atoms with van der Waals surface area (Å²) in [5.41, 5.74) is 17.6. The Balaban J connectivity index is 0.000000183. The van der Waals surface area contributed by atoms with Crippen molar-refractivity contribution in [3.63, 3.8) is 0 Å². The Hall–Kier alpha value is -5.59. The summed E-state index contributed by atoms with van der Waals surface area (Å²) in [5.74, 6) is -0.0197. The van der Waals surface area contributed by atoms with Crippen LogP contribution in [-0.2, 0) is 76.2 Å². The van der Waals surface area contributed by atoms with Crippen LogP contribution >= 0.6 is 11.6 Å². The molecule has 0 aliphatic carbocycles. The summed E-state index contributed by atoms with van der Waals surface area (Å²) in [4.78, 5) is 43.9. The van der Waals surface area contributed by atoms with E-state index < -0.39 is 15.6 Å². The van der Waals surface area contributed by atoms with Crippen molar-refractivity contribution < 1.29 is 32.5 Å². The lowest BCUT2D eigenvalue weighted by Crippen LogP contribution is -2.39. The van der Waals surface area contributed by atoms with Crippen molar-refractivity contribution in [2.45, 2.75) is 92.1 Å². The van der Waals surface area contributed by atoms with Gasteiger partial charge in [0.25, 0.3) is 5.69 Å². The van der Waals surface area contributed by atoms with Gasteiger partial charge in [-0.1, -0.05) is 24.3 Å². The van der Waals surface area contributed by atoms with Crippen LogP contribution in [0.2, 0.25) is 0 Å². The fraction of sp³-hybridized carbons (Fsp3) is 0.413. The Morgan fingerprint density at radius 1 is 0.734 bits per heavy atom. The summed E-state index contributed by atoms with van der Waals surface area (Å²) in [7, 11) is -3.17. The van der Waals surface area contributed by atoms with Gasteiger partial charge in [0.15, 0.2) is 0 Å². The van der Waals surface area contributed by atoms with E-state index in [4.69, 9.17) is 10.5 Å². The number of ether oxygens (including phenoxy) is 1. The van der Waals surface area contributed by atoms with Gasteiger partial charge in [0.2, 0.25) is 21.2 Å². The molecule has 0 saturated heterocycles. The highest BCUT2D eigenvalue weighted by Gasteiger charge is 2.25. The molecular weight excluding hydrogens is 860 g/mol. The average molecular weight is 922 g/mol. The van der Waals surface area contributed by atoms with Gasteiger partial charge in [0.1, 0.15) is 5.60 Å². The number of sulfonamides is 1. The number of anilines is 3. The molecule has 0 spiro atoms. The van der Waals surface area contributed by atoms with Crippen LogP contribution in [0.5, 0.6) is 0 Å². The molecule has 64 heavy (non-hydrogen) atoms. The third kappa shape index (κ3) is 17.9. The van der Waals surface area contributed by atoms with Crippen LogP contribution in [0.1, 0.15) is 79.1 Å². The zero-order chi connectivity index (χ0) is 47.0. The maximum absolute atomic E-state index is 12.0. The minimum Gasteiger partial charge on any atom is -0.444 e. The van der Waals surface area contributed by atoms with E-state index >= 15 is 0 Å². The van der Waals surface area contributed by atoms with Crippen molar-refractivity contribution in [3.8, 4) is 0 Å². The molecule has 0 atom stereocenters. The van der Waals surface area contributed by atoms with E-state index in [1.165, 1.54) is 47.2 Å². The van der Waals surface area contributed by atoms with Crippen molar-refractivity contribution in [1.82, 2.24) is 20.9 Å². The number of nitrogens with one attached hydrogen (secondary N) is 5. The number of nitrogen functional groups attached to an aromatic ring is 1. The molecule has 18 heteroatoms. The molecule has 16 nitrogen and oxygen atoms in total. The Kier molecular flexibility index (Phi) is 19.1. The number of rotatable bonds is 4. The van der Waals surface area contributed by atoms with E-state index in [-0.39, 0.29) is 27.9 Å². The van der Waals surface area contributed by atoms with Crippen molar-refractivity contribution in [2.24, 2.45) is 0 Å². The van der Waals surface area contributed by atoms with Crippen molar-refractivity contribution in [3.05, 3.63) is 127 Å². The molecule has 8 rings (SSSR count). The van der Waals surface area contributed by atoms with Crippen LogP contribution < -0.4 is 31.7 Å². The van der Waals surface area contributed by atoms with E-state index in [1.807, 2.05) is 75.4 Å². The number of hydrogen-bond acceptors (Lipinski definition) is 12. The molecule has 0 fully saturated rings. The number of carbonyl (C=O) groups is 3. The lowest BCUT2D eigenvalue weighted by molar-refractivity contribution is -0.384. The second kappa shape index (κ2) is 23.9. The molecule has 0 saturated carbocycles. The smallest absolute Gasteiger partial charge is 0.410 e. The molecule has 346 valence electrons. The molecular formula is C46H61ClN8O8S. The number of fused-ring (bicyclic) bond motifs is 4. The number of hydrogen-bond donors (Lipinski definition) is 6. The Labute approximate surface area is 381 Å². The van der Waals surface area contributed by atoms with Crippen LogP contribution in [0, 0.1) is 10.1 Å². The van der Waals surface area contributed by atoms with Crippen molar-refractivity contribution in [2.75, 3.05) is 48.2 Å². The number of nitrogens with zero attached hydrogens (tertiary/aromatic N) is 2. The molecule has 7 N–H and O–H groups in total. The first kappa shape index (κ1) is 51.0. The normalized spacial score (nSPS) is 14.6. The van der Waals surface area contributed by atoms with Crippen LogP contribution in [0.3, 0.4) is 0 Å². The summed E-state index contributed by atoms with van der Waals surface area (Å²) >= 11 is 4.64. The molecule has 4 aliphatic rings. The first-order chi connectivity index (χ1) is 30.2. The number of non-ortho nitro benzene ring substituents is 1. The third-order valence-corrected chi connectivity index (χ3v) is 10.6. The largest absolute Gasteiger partial charge is 0.444 e. The van der Waals surface area contributed by atoms with E-state index in [9.17, 15) is 32.9 Å². The fourth-order valence-electron chi connectivity index (χ4n) is 7.16. The molecule has 2 amide bonds. The highest BCUT2D eigenvalue weighted by atomic mass is 35.5. The molecule has 4 aliphatic heterocycles. The van der Waals surface area contributed by atoms with Crippen LogP contribution in [0.15, 0.2) is 72.8 Å². The van der Waals surface area contributed by atoms with E-state index in [2.05, 4.69) is 43.7 Å². The lowest BCUT2D eigenvalue weighted by Gasteiger charge is -2.31. The van der Waals surface area contributed by atoms with Gasteiger partial charge in [-0.15, -0.1) is 0 Å². The average Bonchev–Trinajstić information content (AvgIpc) is 3.22. The number of halogens is 1.